The van der Waals surface area contributed by atoms with Crippen molar-refractivity contribution in [2.45, 2.75) is 59.4 Å². The van der Waals surface area contributed by atoms with E-state index < -0.39 is 11.8 Å². The third-order valence-corrected chi connectivity index (χ3v) is 3.09. The summed E-state index contributed by atoms with van der Waals surface area (Å²) in [5.74, 6) is -0.957. The van der Waals surface area contributed by atoms with E-state index in [1.807, 2.05) is 34.6 Å². The highest BCUT2D eigenvalue weighted by atomic mass is 16.2. The fourth-order valence-corrected chi connectivity index (χ4v) is 2.26. The molecule has 4 nitrogen and oxygen atoms in total. The van der Waals surface area contributed by atoms with Crippen LogP contribution in [0.4, 0.5) is 0 Å². The highest BCUT2D eigenvalue weighted by Crippen LogP contribution is 2.26. The van der Waals surface area contributed by atoms with E-state index in [0.717, 1.165) is 0 Å². The van der Waals surface area contributed by atoms with Crippen molar-refractivity contribution in [2.24, 2.45) is 23.5 Å². The number of nitrogens with two attached hydrogens (primary N) is 1. The van der Waals surface area contributed by atoms with E-state index in [2.05, 4.69) is 11.9 Å². The van der Waals surface area contributed by atoms with Gasteiger partial charge < -0.3 is 11.1 Å². The average Bonchev–Trinajstić information content (AvgIpc) is 2.24. The zero-order valence-corrected chi connectivity index (χ0v) is 13.5. The summed E-state index contributed by atoms with van der Waals surface area (Å²) < 4.78 is 0. The fraction of sp³-hybridized carbons (Fsp3) is 0.750. The number of hydrogen-bond donors (Lipinski definition) is 2. The largest absolute Gasteiger partial charge is 0.369 e. The van der Waals surface area contributed by atoms with Crippen molar-refractivity contribution in [1.82, 2.24) is 5.32 Å². The third-order valence-electron chi connectivity index (χ3n) is 3.09. The second-order valence-electron chi connectivity index (χ2n) is 6.85. The van der Waals surface area contributed by atoms with Crippen LogP contribution in [0.5, 0.6) is 0 Å². The lowest BCUT2D eigenvalue weighted by molar-refractivity contribution is -0.135. The van der Waals surface area contributed by atoms with Crippen LogP contribution in [-0.2, 0) is 9.59 Å². The van der Waals surface area contributed by atoms with Crippen LogP contribution in [0, 0.1) is 17.8 Å². The molecular weight excluding hydrogens is 252 g/mol. The van der Waals surface area contributed by atoms with E-state index in [0.29, 0.717) is 25.2 Å². The normalized spacial score (nSPS) is 14.7. The Kier molecular flexibility index (Phi) is 7.54. The second kappa shape index (κ2) is 8.08. The minimum Gasteiger partial charge on any atom is -0.369 e. The van der Waals surface area contributed by atoms with Gasteiger partial charge in [-0.15, -0.1) is 6.58 Å². The minimum absolute atomic E-state index is 0.0842. The Morgan fingerprint density at radius 2 is 1.80 bits per heavy atom. The molecule has 0 radical (unpaired) electrons. The number of primary amides is 1. The first-order chi connectivity index (χ1) is 9.08. The first-order valence-electron chi connectivity index (χ1n) is 7.30. The molecule has 0 rings (SSSR count). The van der Waals surface area contributed by atoms with Crippen molar-refractivity contribution < 1.29 is 9.59 Å². The van der Waals surface area contributed by atoms with Gasteiger partial charge in [-0.3, -0.25) is 9.59 Å². The summed E-state index contributed by atoms with van der Waals surface area (Å²) in [4.78, 5) is 24.2. The average molecular weight is 282 g/mol. The minimum atomic E-state index is -0.433. The smallest absolute Gasteiger partial charge is 0.224 e. The molecule has 0 bridgehead atoms. The summed E-state index contributed by atoms with van der Waals surface area (Å²) in [5, 5.41) is 2.96. The molecule has 0 unspecified atom stereocenters. The van der Waals surface area contributed by atoms with Gasteiger partial charge in [0.2, 0.25) is 11.8 Å². The monoisotopic (exact) mass is 282 g/mol. The summed E-state index contributed by atoms with van der Waals surface area (Å²) in [5.41, 5.74) is 5.19. The third kappa shape index (κ3) is 7.31. The fourth-order valence-electron chi connectivity index (χ4n) is 2.26. The van der Waals surface area contributed by atoms with Crippen molar-refractivity contribution in [2.75, 3.05) is 0 Å². The van der Waals surface area contributed by atoms with E-state index in [9.17, 15) is 9.59 Å². The standard InChI is InChI=1S/C16H30N2O2/c1-7-8-9-12(14(17)19)13(10-11(2)3)15(20)18-16(4,5)6/h7,11-13H,1,8-10H2,2-6H3,(H2,17,19)(H,18,20)/t12-,13+/m0/s1. The molecule has 4 heteroatoms. The van der Waals surface area contributed by atoms with Crippen LogP contribution in [0.3, 0.4) is 0 Å². The van der Waals surface area contributed by atoms with Gasteiger partial charge >= 0.3 is 0 Å². The Labute approximate surface area is 123 Å². The van der Waals surface area contributed by atoms with E-state index >= 15 is 0 Å². The van der Waals surface area contributed by atoms with Gasteiger partial charge in [0.15, 0.2) is 0 Å². The molecule has 0 saturated carbocycles. The molecule has 20 heavy (non-hydrogen) atoms. The lowest BCUT2D eigenvalue weighted by Gasteiger charge is -2.29. The van der Waals surface area contributed by atoms with Crippen molar-refractivity contribution >= 4 is 11.8 Å². The Balaban J connectivity index is 5.12. The lowest BCUT2D eigenvalue weighted by Crippen LogP contribution is -2.48. The van der Waals surface area contributed by atoms with Gasteiger partial charge in [0.05, 0.1) is 0 Å². The topological polar surface area (TPSA) is 72.2 Å². The molecule has 0 spiro atoms. The first kappa shape index (κ1) is 18.7. The van der Waals surface area contributed by atoms with Crippen molar-refractivity contribution in [3.05, 3.63) is 12.7 Å². The van der Waals surface area contributed by atoms with Crippen molar-refractivity contribution in [3.8, 4) is 0 Å². The Morgan fingerprint density at radius 3 is 2.15 bits per heavy atom. The maximum absolute atomic E-state index is 12.5. The van der Waals surface area contributed by atoms with Gasteiger partial charge in [-0.1, -0.05) is 19.9 Å². The highest BCUT2D eigenvalue weighted by molar-refractivity contribution is 5.87. The van der Waals surface area contributed by atoms with Crippen LogP contribution < -0.4 is 11.1 Å². The predicted molar refractivity (Wildman–Crippen MR) is 83.0 cm³/mol. The van der Waals surface area contributed by atoms with Crippen LogP contribution in [-0.4, -0.2) is 17.4 Å². The van der Waals surface area contributed by atoms with E-state index in [-0.39, 0.29) is 17.4 Å². The molecule has 2 atom stereocenters. The molecule has 2 amide bonds. The molecule has 3 N–H and O–H groups in total. The van der Waals surface area contributed by atoms with Gasteiger partial charge in [-0.25, -0.2) is 0 Å². The van der Waals surface area contributed by atoms with Gasteiger partial charge in [0.1, 0.15) is 0 Å². The maximum atomic E-state index is 12.5. The molecule has 0 aromatic heterocycles. The second-order valence-corrected chi connectivity index (χ2v) is 6.85. The molecule has 0 saturated heterocycles. The van der Waals surface area contributed by atoms with Gasteiger partial charge in [-0.05, 0) is 46.0 Å². The van der Waals surface area contributed by atoms with Crippen LogP contribution >= 0.6 is 0 Å². The van der Waals surface area contributed by atoms with Crippen LogP contribution in [0.1, 0.15) is 53.9 Å². The van der Waals surface area contributed by atoms with Crippen LogP contribution in [0.2, 0.25) is 0 Å². The number of nitrogens with one attached hydrogen (secondary N) is 1. The number of hydrogen-bond acceptors (Lipinski definition) is 2. The predicted octanol–water partition coefficient (Wildman–Crippen LogP) is 2.63. The maximum Gasteiger partial charge on any atom is 0.224 e. The number of carbonyl (C=O) groups is 2. The quantitative estimate of drug-likeness (QED) is 0.672. The number of rotatable bonds is 8. The molecule has 0 aromatic carbocycles. The number of carbonyl (C=O) groups excluding carboxylic acids is 2. The van der Waals surface area contributed by atoms with Gasteiger partial charge in [0.25, 0.3) is 0 Å². The molecule has 0 heterocycles. The summed E-state index contributed by atoms with van der Waals surface area (Å²) in [7, 11) is 0. The molecular formula is C16H30N2O2. The van der Waals surface area contributed by atoms with Crippen molar-refractivity contribution in [3.63, 3.8) is 0 Å². The van der Waals surface area contributed by atoms with Crippen LogP contribution in [0.15, 0.2) is 12.7 Å². The highest BCUT2D eigenvalue weighted by Gasteiger charge is 2.33. The molecule has 0 aliphatic rings. The molecule has 0 aliphatic carbocycles. The zero-order valence-electron chi connectivity index (χ0n) is 13.5. The summed E-state index contributed by atoms with van der Waals surface area (Å²) >= 11 is 0. The van der Waals surface area contributed by atoms with Crippen molar-refractivity contribution in [1.29, 1.82) is 0 Å². The van der Waals surface area contributed by atoms with Crippen LogP contribution in [0.25, 0.3) is 0 Å². The summed E-state index contributed by atoms with van der Waals surface area (Å²) in [6.45, 7) is 13.5. The molecule has 0 aliphatic heterocycles. The van der Waals surface area contributed by atoms with Gasteiger partial charge in [-0.2, -0.15) is 0 Å². The van der Waals surface area contributed by atoms with E-state index in [4.69, 9.17) is 5.73 Å². The zero-order chi connectivity index (χ0) is 15.9. The summed E-state index contributed by atoms with van der Waals surface area (Å²) in [6.07, 6.45) is 3.68. The molecule has 116 valence electrons. The Bertz CT molecular complexity index is 343. The number of allylic oxidation sites excluding steroid dienone is 1. The lowest BCUT2D eigenvalue weighted by atomic mass is 9.81. The van der Waals surface area contributed by atoms with Gasteiger partial charge in [0, 0.05) is 17.4 Å². The van der Waals surface area contributed by atoms with E-state index in [1.165, 1.54) is 0 Å². The molecule has 0 aromatic rings. The Morgan fingerprint density at radius 1 is 1.25 bits per heavy atom. The first-order valence-corrected chi connectivity index (χ1v) is 7.30. The van der Waals surface area contributed by atoms with E-state index in [1.54, 1.807) is 6.08 Å². The molecule has 0 fully saturated rings. The Hall–Kier alpha value is -1.32. The number of amides is 2. The SMILES string of the molecule is C=CCC[C@H](C(N)=O)[C@@H](CC(C)C)C(=O)NC(C)(C)C. The summed E-state index contributed by atoms with van der Waals surface area (Å²) in [6, 6.07) is 0.